The quantitative estimate of drug-likeness (QED) is 0.659. The van der Waals surface area contributed by atoms with Crippen LogP contribution in [0, 0.1) is 0 Å². The Bertz CT molecular complexity index is 1050. The third-order valence-electron chi connectivity index (χ3n) is 5.72. The summed E-state index contributed by atoms with van der Waals surface area (Å²) in [7, 11) is -1.79. The van der Waals surface area contributed by atoms with Gasteiger partial charge in [0.2, 0.25) is 0 Å². The molecule has 1 saturated carbocycles. The Labute approximate surface area is 175 Å². The molecule has 0 unspecified atom stereocenters. The lowest BCUT2D eigenvalue weighted by atomic mass is 10.0. The van der Waals surface area contributed by atoms with E-state index in [1.807, 2.05) is 19.9 Å². The Morgan fingerprint density at radius 3 is 2.93 bits per heavy atom. The summed E-state index contributed by atoms with van der Waals surface area (Å²) < 4.78 is 32.0. The maximum absolute atomic E-state index is 12.2. The molecule has 1 amide bonds. The average Bonchev–Trinajstić information content (AvgIpc) is 3.41. The molecule has 0 bridgehead atoms. The van der Waals surface area contributed by atoms with Crippen molar-refractivity contribution in [2.75, 3.05) is 12.4 Å². The number of nitrogens with zero attached hydrogens (tertiary/aromatic N) is 3. The maximum atomic E-state index is 12.2. The number of hydrogen-bond donors (Lipinski definition) is 3. The Morgan fingerprint density at radius 2 is 2.17 bits per heavy atom. The van der Waals surface area contributed by atoms with Crippen molar-refractivity contribution in [3.8, 4) is 0 Å². The summed E-state index contributed by atoms with van der Waals surface area (Å²) >= 11 is 0. The Morgan fingerprint density at radius 1 is 1.37 bits per heavy atom. The van der Waals surface area contributed by atoms with Gasteiger partial charge in [-0.25, -0.2) is 22.9 Å². The molecule has 0 saturated heterocycles. The largest absolute Gasteiger partial charge is 0.446 e. The molecule has 1 aliphatic carbocycles. The number of H-pyrrole nitrogens is 1. The molecule has 10 nitrogen and oxygen atoms in total. The number of aromatic amines is 1. The van der Waals surface area contributed by atoms with Gasteiger partial charge in [0.1, 0.15) is 6.10 Å². The third-order valence-corrected chi connectivity index (χ3v) is 7.11. The van der Waals surface area contributed by atoms with Crippen LogP contribution in [0.3, 0.4) is 0 Å². The predicted molar refractivity (Wildman–Crippen MR) is 110 cm³/mol. The van der Waals surface area contributed by atoms with Gasteiger partial charge in [-0.05, 0) is 39.2 Å². The molecular weight excluding hydrogens is 408 g/mol. The average molecular weight is 435 g/mol. The summed E-state index contributed by atoms with van der Waals surface area (Å²) in [6, 6.07) is 3.74. The van der Waals surface area contributed by atoms with E-state index in [2.05, 4.69) is 25.2 Å². The Hall–Kier alpha value is -2.66. The van der Waals surface area contributed by atoms with E-state index in [4.69, 9.17) is 4.74 Å². The van der Waals surface area contributed by atoms with Crippen molar-refractivity contribution in [2.45, 2.75) is 62.7 Å². The molecule has 3 heterocycles. The number of ether oxygens (including phenoxy) is 1. The zero-order valence-electron chi connectivity index (χ0n) is 17.2. The van der Waals surface area contributed by atoms with Gasteiger partial charge in [0, 0.05) is 54.8 Å². The van der Waals surface area contributed by atoms with E-state index in [9.17, 15) is 13.2 Å². The summed E-state index contributed by atoms with van der Waals surface area (Å²) in [5.74, 6) is 0.822. The van der Waals surface area contributed by atoms with E-state index in [0.29, 0.717) is 17.1 Å². The second-order valence-corrected chi connectivity index (χ2v) is 9.70. The summed E-state index contributed by atoms with van der Waals surface area (Å²) in [4.78, 5) is 17.7. The fourth-order valence-electron chi connectivity index (χ4n) is 3.74. The minimum atomic E-state index is -3.53. The van der Waals surface area contributed by atoms with Crippen molar-refractivity contribution in [3.05, 3.63) is 29.6 Å². The third kappa shape index (κ3) is 3.99. The van der Waals surface area contributed by atoms with E-state index in [1.54, 1.807) is 18.0 Å². The second kappa shape index (κ2) is 7.88. The number of hydrogen-bond acceptors (Lipinski definition) is 7. The smallest absolute Gasteiger partial charge is 0.410 e. The number of aromatic nitrogens is 3. The van der Waals surface area contributed by atoms with Crippen LogP contribution >= 0.6 is 0 Å². The van der Waals surface area contributed by atoms with Crippen LogP contribution in [0.1, 0.15) is 50.3 Å². The van der Waals surface area contributed by atoms with Crippen molar-refractivity contribution in [3.63, 3.8) is 0 Å². The summed E-state index contributed by atoms with van der Waals surface area (Å²) in [6.07, 6.45) is 3.51. The fourth-order valence-corrected chi connectivity index (χ4v) is 4.92. The van der Waals surface area contributed by atoms with Gasteiger partial charge in [0.25, 0.3) is 10.0 Å². The predicted octanol–water partition coefficient (Wildman–Crippen LogP) is 2.45. The van der Waals surface area contributed by atoms with Gasteiger partial charge in [-0.2, -0.15) is 5.10 Å². The zero-order chi connectivity index (χ0) is 21.5. The molecule has 0 spiro atoms. The van der Waals surface area contributed by atoms with E-state index in [1.165, 1.54) is 6.20 Å². The molecule has 11 heteroatoms. The van der Waals surface area contributed by atoms with Crippen LogP contribution < -0.4 is 10.0 Å². The van der Waals surface area contributed by atoms with E-state index >= 15 is 0 Å². The number of carbonyl (C=O) groups excluding carboxylic acids is 1. The van der Waals surface area contributed by atoms with Crippen molar-refractivity contribution >= 4 is 27.6 Å². The molecule has 2 aromatic heterocycles. The monoisotopic (exact) mass is 434 g/mol. The van der Waals surface area contributed by atoms with Gasteiger partial charge in [-0.3, -0.25) is 5.10 Å². The molecule has 162 valence electrons. The van der Waals surface area contributed by atoms with Crippen LogP contribution in [0.5, 0.6) is 0 Å². The highest BCUT2D eigenvalue weighted by Gasteiger charge is 2.32. The first-order valence-electron chi connectivity index (χ1n) is 9.98. The summed E-state index contributed by atoms with van der Waals surface area (Å²) in [6.45, 7) is 4.09. The van der Waals surface area contributed by atoms with Crippen LogP contribution in [0.15, 0.2) is 23.4 Å². The number of fused-ring (bicyclic) bond motifs is 1. The van der Waals surface area contributed by atoms with E-state index in [0.717, 1.165) is 25.0 Å². The molecule has 30 heavy (non-hydrogen) atoms. The second-order valence-electron chi connectivity index (χ2n) is 8.02. The number of carbonyl (C=O) groups is 1. The molecule has 2 aromatic rings. The van der Waals surface area contributed by atoms with Crippen LogP contribution in [0.4, 0.5) is 16.3 Å². The number of pyridine rings is 1. The maximum Gasteiger partial charge on any atom is 0.410 e. The number of rotatable bonds is 5. The van der Waals surface area contributed by atoms with Crippen LogP contribution in [0.2, 0.25) is 0 Å². The van der Waals surface area contributed by atoms with Gasteiger partial charge in [0.05, 0.1) is 0 Å². The van der Waals surface area contributed by atoms with Gasteiger partial charge in [0.15, 0.2) is 10.8 Å². The van der Waals surface area contributed by atoms with Crippen LogP contribution in [-0.4, -0.2) is 53.8 Å². The van der Waals surface area contributed by atoms with Crippen molar-refractivity contribution in [1.29, 1.82) is 0 Å². The van der Waals surface area contributed by atoms with Gasteiger partial charge < -0.3 is 15.0 Å². The normalized spacial score (nSPS) is 22.1. The minimum Gasteiger partial charge on any atom is -0.446 e. The zero-order valence-corrected chi connectivity index (χ0v) is 18.0. The summed E-state index contributed by atoms with van der Waals surface area (Å²) in [5, 5.41) is 10.6. The van der Waals surface area contributed by atoms with Crippen molar-refractivity contribution in [2.24, 2.45) is 0 Å². The molecule has 2 aliphatic rings. The van der Waals surface area contributed by atoms with E-state index in [-0.39, 0.29) is 35.7 Å². The van der Waals surface area contributed by atoms with Gasteiger partial charge in [-0.15, -0.1) is 0 Å². The lowest BCUT2D eigenvalue weighted by Crippen LogP contribution is -2.35. The van der Waals surface area contributed by atoms with E-state index < -0.39 is 10.0 Å². The fraction of sp³-hybridized carbons (Fsp3) is 0.526. The van der Waals surface area contributed by atoms with Crippen LogP contribution in [-0.2, 0) is 21.3 Å². The first-order chi connectivity index (χ1) is 14.2. The first-order valence-corrected chi connectivity index (χ1v) is 11.5. The van der Waals surface area contributed by atoms with Crippen molar-refractivity contribution < 1.29 is 17.9 Å². The molecular formula is C19H26N6O4S. The Kier molecular flexibility index (Phi) is 5.41. The van der Waals surface area contributed by atoms with Gasteiger partial charge in [-0.1, -0.05) is 0 Å². The number of amides is 1. The highest BCUT2D eigenvalue weighted by Crippen LogP contribution is 2.37. The van der Waals surface area contributed by atoms with Crippen LogP contribution in [0.25, 0.3) is 0 Å². The number of sulfonamides is 1. The lowest BCUT2D eigenvalue weighted by molar-refractivity contribution is 0.0645. The number of nitrogens with one attached hydrogen (secondary N) is 3. The first kappa shape index (κ1) is 20.6. The van der Waals surface area contributed by atoms with Crippen molar-refractivity contribution in [1.82, 2.24) is 24.8 Å². The number of anilines is 2. The molecule has 0 radical (unpaired) electrons. The Balaban J connectivity index is 1.40. The minimum absolute atomic E-state index is 0.0510. The summed E-state index contributed by atoms with van der Waals surface area (Å²) in [5.41, 5.74) is 2.22. The molecule has 1 fully saturated rings. The molecule has 1 aliphatic heterocycles. The SMILES string of the molecule is CC(C)N(C)C(=O)O[C@@H]1CC[C@H](c2cc(Nc3ccnc4c3CNS4(=O)=O)n[nH]2)C1. The lowest BCUT2D eigenvalue weighted by Gasteiger charge is -2.23. The molecule has 0 aromatic carbocycles. The van der Waals surface area contributed by atoms with Gasteiger partial charge >= 0.3 is 6.09 Å². The highest BCUT2D eigenvalue weighted by atomic mass is 32.2. The molecule has 3 N–H and O–H groups in total. The molecule has 4 rings (SSSR count). The molecule has 2 atom stereocenters. The highest BCUT2D eigenvalue weighted by molar-refractivity contribution is 7.89. The standard InChI is InChI=1S/C19H26N6O4S/c1-11(2)25(3)19(26)29-13-5-4-12(8-13)16-9-17(24-23-16)22-15-6-7-20-18-14(15)10-21-30(18,27)28/h6-7,9,11-13,21H,4-5,8,10H2,1-3H3,(H2,20,22,23,24)/t12-,13+/m0/s1. The topological polar surface area (TPSA) is 129 Å².